The van der Waals surface area contributed by atoms with E-state index in [1.54, 1.807) is 4.90 Å². The summed E-state index contributed by atoms with van der Waals surface area (Å²) < 4.78 is 13.2. The van der Waals surface area contributed by atoms with Crippen molar-refractivity contribution in [3.63, 3.8) is 0 Å². The normalized spacial score (nSPS) is 15.1. The van der Waals surface area contributed by atoms with Crippen LogP contribution in [0.2, 0.25) is 0 Å². The summed E-state index contributed by atoms with van der Waals surface area (Å²) in [5.41, 5.74) is 1.29. The van der Waals surface area contributed by atoms with Gasteiger partial charge in [-0.25, -0.2) is 4.39 Å². The molecule has 1 atom stereocenters. The van der Waals surface area contributed by atoms with Gasteiger partial charge in [0.2, 0.25) is 11.8 Å². The Bertz CT molecular complexity index is 937. The summed E-state index contributed by atoms with van der Waals surface area (Å²) >= 11 is 0. The molecule has 0 bridgehead atoms. The van der Waals surface area contributed by atoms with Crippen molar-refractivity contribution in [1.29, 1.82) is 0 Å². The zero-order chi connectivity index (χ0) is 23.8. The van der Waals surface area contributed by atoms with Gasteiger partial charge in [-0.15, -0.1) is 0 Å². The predicted octanol–water partition coefficient (Wildman–Crippen LogP) is 3.27. The average Bonchev–Trinajstić information content (AvgIpc) is 2.84. The summed E-state index contributed by atoms with van der Waals surface area (Å²) in [6.07, 6.45) is 1.61. The largest absolute Gasteiger partial charge is 0.342 e. The zero-order valence-corrected chi connectivity index (χ0v) is 19.3. The van der Waals surface area contributed by atoms with E-state index in [1.165, 1.54) is 24.3 Å². The van der Waals surface area contributed by atoms with E-state index in [0.717, 1.165) is 5.56 Å². The van der Waals surface area contributed by atoms with Crippen LogP contribution < -0.4 is 5.32 Å². The van der Waals surface area contributed by atoms with Crippen LogP contribution in [0.25, 0.3) is 0 Å². The molecule has 2 aromatic rings. The summed E-state index contributed by atoms with van der Waals surface area (Å²) in [7, 11) is 0. The Labute approximate surface area is 194 Å². The molecule has 176 valence electrons. The van der Waals surface area contributed by atoms with Crippen LogP contribution in [0.3, 0.4) is 0 Å². The number of likely N-dealkylation sites (N-methyl/N-ethyl adjacent to an activating group) is 1. The molecule has 6 nitrogen and oxygen atoms in total. The molecule has 1 N–H and O–H groups in total. The number of halogens is 1. The van der Waals surface area contributed by atoms with Crippen LogP contribution in [-0.2, 0) is 16.0 Å². The van der Waals surface area contributed by atoms with Crippen molar-refractivity contribution < 1.29 is 18.8 Å². The topological polar surface area (TPSA) is 69.7 Å². The highest BCUT2D eigenvalue weighted by Gasteiger charge is 2.35. The minimum absolute atomic E-state index is 0.0709. The van der Waals surface area contributed by atoms with Gasteiger partial charge in [0.15, 0.2) is 0 Å². The fraction of sp³-hybridized carbons (Fsp3) is 0.423. The Kier molecular flexibility index (Phi) is 8.58. The molecular weight excluding hydrogens is 421 g/mol. The molecule has 1 heterocycles. The van der Waals surface area contributed by atoms with Gasteiger partial charge in [-0.1, -0.05) is 30.3 Å². The summed E-state index contributed by atoms with van der Waals surface area (Å²) in [5, 5.41) is 2.90. The number of amides is 3. The average molecular weight is 454 g/mol. The van der Waals surface area contributed by atoms with Crippen molar-refractivity contribution in [3.05, 3.63) is 71.5 Å². The lowest BCUT2D eigenvalue weighted by Crippen LogP contribution is -2.54. The highest BCUT2D eigenvalue weighted by molar-refractivity contribution is 5.97. The molecular formula is C26H32FN3O3. The molecule has 0 radical (unpaired) electrons. The van der Waals surface area contributed by atoms with Crippen molar-refractivity contribution in [2.24, 2.45) is 5.92 Å². The SMILES string of the molecule is CCN(CC)C(=O)[C@@H](NC(=O)c1ccc(F)cc1)C1CCN(C(=O)Cc2ccccc2)CC1. The van der Waals surface area contributed by atoms with Crippen LogP contribution >= 0.6 is 0 Å². The molecule has 1 aliphatic heterocycles. The Morgan fingerprint density at radius 2 is 1.61 bits per heavy atom. The fourth-order valence-electron chi connectivity index (χ4n) is 4.30. The van der Waals surface area contributed by atoms with Gasteiger partial charge in [0.05, 0.1) is 6.42 Å². The number of hydrogen-bond acceptors (Lipinski definition) is 3. The molecule has 3 rings (SSSR count). The van der Waals surface area contributed by atoms with E-state index in [2.05, 4.69) is 5.32 Å². The first-order valence-electron chi connectivity index (χ1n) is 11.6. The first kappa shape index (κ1) is 24.4. The quantitative estimate of drug-likeness (QED) is 0.667. The number of benzene rings is 2. The number of likely N-dealkylation sites (tertiary alicyclic amines) is 1. The number of rotatable bonds is 8. The number of nitrogens with one attached hydrogen (secondary N) is 1. The first-order chi connectivity index (χ1) is 15.9. The number of carbonyl (C=O) groups is 3. The molecule has 1 aliphatic rings. The van der Waals surface area contributed by atoms with E-state index >= 15 is 0 Å². The van der Waals surface area contributed by atoms with Gasteiger partial charge >= 0.3 is 0 Å². The molecule has 0 aromatic heterocycles. The molecule has 0 saturated carbocycles. The van der Waals surface area contributed by atoms with Gasteiger partial charge < -0.3 is 15.1 Å². The van der Waals surface area contributed by atoms with Crippen LogP contribution in [0, 0.1) is 11.7 Å². The van der Waals surface area contributed by atoms with Gasteiger partial charge in [-0.2, -0.15) is 0 Å². The second-order valence-corrected chi connectivity index (χ2v) is 8.35. The van der Waals surface area contributed by atoms with Crippen molar-refractivity contribution in [1.82, 2.24) is 15.1 Å². The van der Waals surface area contributed by atoms with Crippen LogP contribution in [0.5, 0.6) is 0 Å². The molecule has 1 saturated heterocycles. The molecule has 33 heavy (non-hydrogen) atoms. The summed E-state index contributed by atoms with van der Waals surface area (Å²) in [6.45, 7) is 6.01. The van der Waals surface area contributed by atoms with Crippen molar-refractivity contribution in [2.45, 2.75) is 39.2 Å². The second kappa shape index (κ2) is 11.6. The van der Waals surface area contributed by atoms with E-state index in [1.807, 2.05) is 49.1 Å². The molecule has 0 unspecified atom stereocenters. The third-order valence-electron chi connectivity index (χ3n) is 6.30. The Balaban J connectivity index is 1.67. The summed E-state index contributed by atoms with van der Waals surface area (Å²) in [5.74, 6) is -0.952. The number of nitrogens with zero attached hydrogens (tertiary/aromatic N) is 2. The van der Waals surface area contributed by atoms with E-state index in [9.17, 15) is 18.8 Å². The van der Waals surface area contributed by atoms with E-state index in [0.29, 0.717) is 51.0 Å². The Morgan fingerprint density at radius 3 is 2.18 bits per heavy atom. The van der Waals surface area contributed by atoms with E-state index in [4.69, 9.17) is 0 Å². The maximum Gasteiger partial charge on any atom is 0.251 e. The monoisotopic (exact) mass is 453 g/mol. The van der Waals surface area contributed by atoms with Gasteiger partial charge in [0.25, 0.3) is 5.91 Å². The maximum atomic E-state index is 13.3. The van der Waals surface area contributed by atoms with Crippen molar-refractivity contribution in [2.75, 3.05) is 26.2 Å². The third-order valence-corrected chi connectivity index (χ3v) is 6.30. The standard InChI is InChI=1S/C26H32FN3O3/c1-3-29(4-2)26(33)24(28-25(32)21-10-12-22(27)13-11-21)20-14-16-30(17-15-20)23(31)18-19-8-6-5-7-9-19/h5-13,20,24H,3-4,14-18H2,1-2H3,(H,28,32)/t24-/m0/s1. The lowest BCUT2D eigenvalue weighted by molar-refractivity contribution is -0.135. The highest BCUT2D eigenvalue weighted by Crippen LogP contribution is 2.23. The predicted molar refractivity (Wildman–Crippen MR) is 125 cm³/mol. The lowest BCUT2D eigenvalue weighted by atomic mass is 9.88. The summed E-state index contributed by atoms with van der Waals surface area (Å²) in [6, 6.07) is 14.2. The highest BCUT2D eigenvalue weighted by atomic mass is 19.1. The zero-order valence-electron chi connectivity index (χ0n) is 19.3. The minimum atomic E-state index is -0.686. The molecule has 0 spiro atoms. The Morgan fingerprint density at radius 1 is 1.00 bits per heavy atom. The third kappa shape index (κ3) is 6.40. The van der Waals surface area contributed by atoms with Crippen LogP contribution in [0.4, 0.5) is 4.39 Å². The van der Waals surface area contributed by atoms with Gasteiger partial charge in [-0.3, -0.25) is 14.4 Å². The van der Waals surface area contributed by atoms with E-state index in [-0.39, 0.29) is 17.7 Å². The number of piperidine rings is 1. The fourth-order valence-corrected chi connectivity index (χ4v) is 4.30. The molecule has 1 fully saturated rings. The van der Waals surface area contributed by atoms with Crippen molar-refractivity contribution in [3.8, 4) is 0 Å². The maximum absolute atomic E-state index is 13.3. The van der Waals surface area contributed by atoms with Crippen LogP contribution in [0.15, 0.2) is 54.6 Å². The molecule has 3 amide bonds. The first-order valence-corrected chi connectivity index (χ1v) is 11.6. The van der Waals surface area contributed by atoms with E-state index < -0.39 is 17.8 Å². The molecule has 0 aliphatic carbocycles. The number of carbonyl (C=O) groups excluding carboxylic acids is 3. The van der Waals surface area contributed by atoms with Crippen LogP contribution in [0.1, 0.15) is 42.6 Å². The lowest BCUT2D eigenvalue weighted by Gasteiger charge is -2.37. The van der Waals surface area contributed by atoms with Gasteiger partial charge in [0.1, 0.15) is 11.9 Å². The van der Waals surface area contributed by atoms with Gasteiger partial charge in [0, 0.05) is 31.7 Å². The number of hydrogen-bond donors (Lipinski definition) is 1. The Hall–Kier alpha value is -3.22. The second-order valence-electron chi connectivity index (χ2n) is 8.35. The van der Waals surface area contributed by atoms with Crippen LogP contribution in [-0.4, -0.2) is 59.7 Å². The van der Waals surface area contributed by atoms with Gasteiger partial charge in [-0.05, 0) is 62.4 Å². The molecule has 2 aromatic carbocycles. The van der Waals surface area contributed by atoms with Crippen molar-refractivity contribution >= 4 is 17.7 Å². The summed E-state index contributed by atoms with van der Waals surface area (Å²) in [4.78, 5) is 42.3. The smallest absolute Gasteiger partial charge is 0.251 e. The minimum Gasteiger partial charge on any atom is -0.342 e. The molecule has 7 heteroatoms.